The Morgan fingerprint density at radius 3 is 2.88 bits per heavy atom. The van der Waals surface area contributed by atoms with Crippen LogP contribution >= 0.6 is 0 Å². The first kappa shape index (κ1) is 11.5. The quantitative estimate of drug-likeness (QED) is 0.778. The Kier molecular flexibility index (Phi) is 3.83. The van der Waals surface area contributed by atoms with Crippen LogP contribution in [0, 0.1) is 13.8 Å². The van der Waals surface area contributed by atoms with E-state index in [2.05, 4.69) is 26.0 Å². The van der Waals surface area contributed by atoms with Crippen LogP contribution in [0.5, 0.6) is 5.75 Å². The van der Waals surface area contributed by atoms with E-state index in [0.29, 0.717) is 6.61 Å². The molecular weight excluding hydrogens is 200 g/mol. The summed E-state index contributed by atoms with van der Waals surface area (Å²) in [6.07, 6.45) is 3.88. The fourth-order valence-electron chi connectivity index (χ4n) is 2.08. The number of hydrogen-bond donors (Lipinski definition) is 0. The van der Waals surface area contributed by atoms with Crippen LogP contribution in [0.3, 0.4) is 0 Å². The molecule has 0 bridgehead atoms. The number of rotatable bonds is 3. The van der Waals surface area contributed by atoms with E-state index in [1.54, 1.807) is 0 Å². The highest BCUT2D eigenvalue weighted by Gasteiger charge is 2.14. The lowest BCUT2D eigenvalue weighted by atomic mass is 10.1. The smallest absolute Gasteiger partial charge is 0.122 e. The fourth-order valence-corrected chi connectivity index (χ4v) is 2.08. The second-order valence-corrected chi connectivity index (χ2v) is 4.57. The summed E-state index contributed by atoms with van der Waals surface area (Å²) in [4.78, 5) is 0. The lowest BCUT2D eigenvalue weighted by Gasteiger charge is -2.23. The van der Waals surface area contributed by atoms with Crippen molar-refractivity contribution in [1.82, 2.24) is 0 Å². The van der Waals surface area contributed by atoms with Crippen molar-refractivity contribution < 1.29 is 9.47 Å². The first-order valence-electron chi connectivity index (χ1n) is 6.07. The molecule has 0 amide bonds. The van der Waals surface area contributed by atoms with Crippen LogP contribution in [0.25, 0.3) is 0 Å². The van der Waals surface area contributed by atoms with Crippen LogP contribution in [0.2, 0.25) is 0 Å². The topological polar surface area (TPSA) is 18.5 Å². The van der Waals surface area contributed by atoms with Crippen molar-refractivity contribution in [2.75, 3.05) is 13.2 Å². The van der Waals surface area contributed by atoms with Crippen LogP contribution < -0.4 is 4.74 Å². The molecule has 1 atom stereocenters. The van der Waals surface area contributed by atoms with Gasteiger partial charge in [-0.1, -0.05) is 17.7 Å². The molecule has 2 heteroatoms. The normalized spacial score (nSPS) is 20.8. The second kappa shape index (κ2) is 5.35. The minimum absolute atomic E-state index is 0.287. The minimum Gasteiger partial charge on any atom is -0.491 e. The van der Waals surface area contributed by atoms with E-state index in [0.717, 1.165) is 18.8 Å². The molecule has 1 fully saturated rings. The number of hydrogen-bond acceptors (Lipinski definition) is 2. The van der Waals surface area contributed by atoms with E-state index in [4.69, 9.17) is 9.47 Å². The van der Waals surface area contributed by atoms with Gasteiger partial charge in [0.2, 0.25) is 0 Å². The Hall–Kier alpha value is -1.02. The SMILES string of the molecule is Cc1ccc(OCC2CCCCO2)c(C)c1. The zero-order valence-corrected chi connectivity index (χ0v) is 10.2. The van der Waals surface area contributed by atoms with E-state index in [1.165, 1.54) is 24.0 Å². The summed E-state index contributed by atoms with van der Waals surface area (Å²) in [6, 6.07) is 6.29. The van der Waals surface area contributed by atoms with Crippen molar-refractivity contribution in [2.45, 2.75) is 39.2 Å². The Balaban J connectivity index is 1.88. The summed E-state index contributed by atoms with van der Waals surface area (Å²) in [7, 11) is 0. The second-order valence-electron chi connectivity index (χ2n) is 4.57. The number of benzene rings is 1. The van der Waals surface area contributed by atoms with Gasteiger partial charge in [0.25, 0.3) is 0 Å². The number of aryl methyl sites for hydroxylation is 2. The highest BCUT2D eigenvalue weighted by atomic mass is 16.5. The lowest BCUT2D eigenvalue weighted by molar-refractivity contribution is -0.0111. The van der Waals surface area contributed by atoms with Gasteiger partial charge >= 0.3 is 0 Å². The molecule has 1 aliphatic rings. The van der Waals surface area contributed by atoms with E-state index >= 15 is 0 Å². The van der Waals surface area contributed by atoms with Crippen molar-refractivity contribution >= 4 is 0 Å². The Labute approximate surface area is 97.6 Å². The summed E-state index contributed by atoms with van der Waals surface area (Å²) in [6.45, 7) is 5.76. The van der Waals surface area contributed by atoms with Crippen molar-refractivity contribution in [3.63, 3.8) is 0 Å². The van der Waals surface area contributed by atoms with Crippen molar-refractivity contribution in [3.05, 3.63) is 29.3 Å². The first-order valence-corrected chi connectivity index (χ1v) is 6.07. The van der Waals surface area contributed by atoms with Crippen LogP contribution in [-0.4, -0.2) is 19.3 Å². The highest BCUT2D eigenvalue weighted by molar-refractivity contribution is 5.35. The maximum absolute atomic E-state index is 5.81. The summed E-state index contributed by atoms with van der Waals surface area (Å²) in [5.74, 6) is 0.986. The predicted molar refractivity (Wildman–Crippen MR) is 65.0 cm³/mol. The van der Waals surface area contributed by atoms with Gasteiger partial charge in [0.1, 0.15) is 12.4 Å². The molecule has 0 saturated carbocycles. The van der Waals surface area contributed by atoms with Crippen LogP contribution in [0.4, 0.5) is 0 Å². The van der Waals surface area contributed by atoms with E-state index in [1.807, 2.05) is 6.07 Å². The molecule has 1 heterocycles. The van der Waals surface area contributed by atoms with Gasteiger partial charge in [0.05, 0.1) is 6.10 Å². The third-order valence-corrected chi connectivity index (χ3v) is 3.03. The minimum atomic E-state index is 0.287. The third-order valence-electron chi connectivity index (χ3n) is 3.03. The Morgan fingerprint density at radius 2 is 2.19 bits per heavy atom. The molecule has 1 aromatic rings. The molecule has 0 N–H and O–H groups in total. The molecule has 1 aromatic carbocycles. The fraction of sp³-hybridized carbons (Fsp3) is 0.571. The first-order chi connectivity index (χ1) is 7.75. The Bertz CT molecular complexity index is 341. The van der Waals surface area contributed by atoms with Crippen LogP contribution in [0.1, 0.15) is 30.4 Å². The largest absolute Gasteiger partial charge is 0.491 e. The van der Waals surface area contributed by atoms with Gasteiger partial charge in [-0.3, -0.25) is 0 Å². The average Bonchev–Trinajstić information content (AvgIpc) is 2.29. The molecule has 0 radical (unpaired) electrons. The van der Waals surface area contributed by atoms with E-state index in [9.17, 15) is 0 Å². The maximum Gasteiger partial charge on any atom is 0.122 e. The summed E-state index contributed by atoms with van der Waals surface area (Å²) >= 11 is 0. The van der Waals surface area contributed by atoms with Gasteiger partial charge < -0.3 is 9.47 Å². The molecule has 2 nitrogen and oxygen atoms in total. The van der Waals surface area contributed by atoms with Gasteiger partial charge in [-0.05, 0) is 44.7 Å². The molecule has 0 spiro atoms. The van der Waals surface area contributed by atoms with Gasteiger partial charge in [-0.2, -0.15) is 0 Å². The van der Waals surface area contributed by atoms with Gasteiger partial charge in [0, 0.05) is 6.61 Å². The average molecular weight is 220 g/mol. The van der Waals surface area contributed by atoms with Gasteiger partial charge in [-0.25, -0.2) is 0 Å². The lowest BCUT2D eigenvalue weighted by Crippen LogP contribution is -2.25. The monoisotopic (exact) mass is 220 g/mol. The molecular formula is C14H20O2. The predicted octanol–water partition coefficient (Wildman–Crippen LogP) is 3.25. The van der Waals surface area contributed by atoms with Crippen LogP contribution in [-0.2, 0) is 4.74 Å². The molecule has 0 aliphatic carbocycles. The molecule has 1 saturated heterocycles. The molecule has 1 unspecified atom stereocenters. The maximum atomic E-state index is 5.81. The molecule has 88 valence electrons. The van der Waals surface area contributed by atoms with Gasteiger partial charge in [0.15, 0.2) is 0 Å². The van der Waals surface area contributed by atoms with Crippen LogP contribution in [0.15, 0.2) is 18.2 Å². The summed E-state index contributed by atoms with van der Waals surface area (Å²) < 4.78 is 11.4. The third kappa shape index (κ3) is 2.99. The van der Waals surface area contributed by atoms with Crippen molar-refractivity contribution in [3.8, 4) is 5.75 Å². The highest BCUT2D eigenvalue weighted by Crippen LogP contribution is 2.20. The molecule has 0 aromatic heterocycles. The van der Waals surface area contributed by atoms with E-state index in [-0.39, 0.29) is 6.10 Å². The van der Waals surface area contributed by atoms with Gasteiger partial charge in [-0.15, -0.1) is 0 Å². The van der Waals surface area contributed by atoms with Crippen molar-refractivity contribution in [1.29, 1.82) is 0 Å². The standard InChI is InChI=1S/C14H20O2/c1-11-6-7-14(12(2)9-11)16-10-13-5-3-4-8-15-13/h6-7,9,13H,3-5,8,10H2,1-2H3. The van der Waals surface area contributed by atoms with Crippen molar-refractivity contribution in [2.24, 2.45) is 0 Å². The Morgan fingerprint density at radius 1 is 1.31 bits per heavy atom. The van der Waals surface area contributed by atoms with E-state index < -0.39 is 0 Å². The zero-order chi connectivity index (χ0) is 11.4. The summed E-state index contributed by atoms with van der Waals surface area (Å²) in [5, 5.41) is 0. The molecule has 1 aliphatic heterocycles. The number of ether oxygens (including phenoxy) is 2. The molecule has 16 heavy (non-hydrogen) atoms. The summed E-state index contributed by atoms with van der Waals surface area (Å²) in [5.41, 5.74) is 2.48. The molecule has 2 rings (SSSR count). The zero-order valence-electron chi connectivity index (χ0n) is 10.2.